The average molecular weight is 736 g/mol. The number of fused-ring (bicyclic) bond motifs is 3. The van der Waals surface area contributed by atoms with Crippen LogP contribution in [0.1, 0.15) is 82.2 Å². The summed E-state index contributed by atoms with van der Waals surface area (Å²) in [5.41, 5.74) is 10.1. The van der Waals surface area contributed by atoms with E-state index in [1.54, 1.807) is 6.07 Å². The normalized spacial score (nSPS) is 14.0. The van der Waals surface area contributed by atoms with Crippen LogP contribution >= 0.6 is 0 Å². The van der Waals surface area contributed by atoms with Crippen LogP contribution < -0.4 is 4.90 Å². The molecule has 0 bridgehead atoms. The summed E-state index contributed by atoms with van der Waals surface area (Å²) >= 11 is 0. The van der Waals surface area contributed by atoms with E-state index in [1.807, 2.05) is 18.3 Å². The first-order valence-electron chi connectivity index (χ1n) is 14.4. The van der Waals surface area contributed by atoms with Crippen molar-refractivity contribution in [1.29, 1.82) is 0 Å². The van der Waals surface area contributed by atoms with Crippen molar-refractivity contribution in [3.8, 4) is 17.0 Å². The van der Waals surface area contributed by atoms with Gasteiger partial charge in [0.1, 0.15) is 17.1 Å². The van der Waals surface area contributed by atoms with Gasteiger partial charge in [-0.2, -0.15) is 0 Å². The number of benzene rings is 3. The number of hydrogen-bond donors (Lipinski definition) is 1. The Labute approximate surface area is 264 Å². The smallest absolute Gasteiger partial charge is 0.140 e. The monoisotopic (exact) mass is 735 g/mol. The van der Waals surface area contributed by atoms with E-state index in [0.29, 0.717) is 11.4 Å². The summed E-state index contributed by atoms with van der Waals surface area (Å²) < 4.78 is 0. The Morgan fingerprint density at radius 2 is 1.64 bits per heavy atom. The van der Waals surface area contributed by atoms with Crippen molar-refractivity contribution in [2.45, 2.75) is 72.1 Å². The molecule has 0 saturated carbocycles. The predicted molar refractivity (Wildman–Crippen MR) is 170 cm³/mol. The quantitative estimate of drug-likeness (QED) is 0.188. The van der Waals surface area contributed by atoms with Gasteiger partial charge in [-0.25, -0.2) is 4.98 Å². The van der Waals surface area contributed by atoms with Crippen molar-refractivity contribution >= 4 is 28.1 Å². The molecule has 5 aromatic rings. The summed E-state index contributed by atoms with van der Waals surface area (Å²) in [4.78, 5) is 12.1. The molecule has 0 atom stereocenters. The molecule has 1 aliphatic rings. The van der Waals surface area contributed by atoms with Crippen LogP contribution in [-0.2, 0) is 31.9 Å². The molecule has 0 spiro atoms. The third-order valence-corrected chi connectivity index (χ3v) is 8.47. The first-order chi connectivity index (χ1) is 19.4. The number of aryl methyl sites for hydroxylation is 1. The molecule has 3 aromatic carbocycles. The van der Waals surface area contributed by atoms with E-state index in [1.165, 1.54) is 16.7 Å². The van der Waals surface area contributed by atoms with Crippen LogP contribution in [0.2, 0.25) is 0 Å². The minimum atomic E-state index is -0.229. The van der Waals surface area contributed by atoms with Gasteiger partial charge in [-0.1, -0.05) is 90.4 Å². The number of aromatic hydroxyl groups is 1. The van der Waals surface area contributed by atoms with Crippen molar-refractivity contribution in [3.05, 3.63) is 107 Å². The first-order valence-corrected chi connectivity index (χ1v) is 14.4. The predicted octanol–water partition coefficient (Wildman–Crippen LogP) is 9.64. The Hall–Kier alpha value is -3.49. The second kappa shape index (κ2) is 10.7. The first kappa shape index (κ1) is 30.0. The van der Waals surface area contributed by atoms with Gasteiger partial charge in [-0.05, 0) is 75.5 Å². The maximum Gasteiger partial charge on any atom is 0.140 e. The van der Waals surface area contributed by atoms with Crippen molar-refractivity contribution < 1.29 is 26.2 Å². The van der Waals surface area contributed by atoms with E-state index >= 15 is 0 Å². The maximum atomic E-state index is 10.8. The third-order valence-electron chi connectivity index (χ3n) is 8.47. The van der Waals surface area contributed by atoms with Crippen molar-refractivity contribution in [3.63, 3.8) is 0 Å². The van der Waals surface area contributed by atoms with E-state index in [-0.39, 0.29) is 37.6 Å². The molecule has 2 aromatic heterocycles. The molecule has 0 fully saturated rings. The van der Waals surface area contributed by atoms with E-state index in [4.69, 9.17) is 9.97 Å². The fraction of sp³-hybridized carbons (Fsp3) is 0.297. The molecule has 3 heterocycles. The van der Waals surface area contributed by atoms with E-state index < -0.39 is 0 Å². The molecule has 1 N–H and O–H groups in total. The van der Waals surface area contributed by atoms with Gasteiger partial charge in [0, 0.05) is 38.3 Å². The second-order valence-corrected chi connectivity index (χ2v) is 13.2. The summed E-state index contributed by atoms with van der Waals surface area (Å²) in [5.74, 6) is 1.46. The number of aromatic nitrogens is 2. The zero-order valence-electron chi connectivity index (χ0n) is 25.6. The van der Waals surface area contributed by atoms with Gasteiger partial charge in [0.15, 0.2) is 0 Å². The minimum absolute atomic E-state index is 0. The fourth-order valence-corrected chi connectivity index (χ4v) is 6.04. The van der Waals surface area contributed by atoms with Gasteiger partial charge in [-0.3, -0.25) is 4.98 Å². The summed E-state index contributed by atoms with van der Waals surface area (Å²) in [6.07, 6.45) is 1.92. The number of pyridine rings is 2. The number of phenolic OH excluding ortho intramolecular Hbond substituents is 1. The Morgan fingerprint density at radius 3 is 2.31 bits per heavy atom. The summed E-state index contributed by atoms with van der Waals surface area (Å²) in [5, 5.41) is 11.8. The topological polar surface area (TPSA) is 49.2 Å². The van der Waals surface area contributed by atoms with Crippen LogP contribution in [0.4, 0.5) is 17.2 Å². The van der Waals surface area contributed by atoms with Gasteiger partial charge in [0.05, 0.1) is 0 Å². The summed E-state index contributed by atoms with van der Waals surface area (Å²) in [6.45, 7) is 17.6. The van der Waals surface area contributed by atoms with Crippen LogP contribution in [0, 0.1) is 13.0 Å². The Morgan fingerprint density at radius 1 is 0.905 bits per heavy atom. The van der Waals surface area contributed by atoms with E-state index in [0.717, 1.165) is 45.0 Å². The number of rotatable bonds is 3. The number of phenols is 1. The van der Waals surface area contributed by atoms with E-state index in [2.05, 4.69) is 115 Å². The fourth-order valence-electron chi connectivity index (χ4n) is 6.04. The Bertz CT molecular complexity index is 1800. The van der Waals surface area contributed by atoms with Gasteiger partial charge in [-0.15, -0.1) is 23.8 Å². The van der Waals surface area contributed by atoms with Gasteiger partial charge >= 0.3 is 0 Å². The summed E-state index contributed by atoms with van der Waals surface area (Å²) in [7, 11) is 0. The molecule has 0 amide bonds. The van der Waals surface area contributed by atoms with Crippen LogP contribution in [-0.4, -0.2) is 15.1 Å². The van der Waals surface area contributed by atoms with Crippen molar-refractivity contribution in [2.75, 3.05) is 4.90 Å². The molecule has 6 rings (SSSR count). The molecule has 5 heteroatoms. The molecular formula is C37H38N3OPt-. The van der Waals surface area contributed by atoms with Crippen LogP contribution in [0.5, 0.6) is 5.75 Å². The standard InChI is InChI=1S/C37H38N3O.Pt/c1-22(2)24-10-13-28-31(19-24)40(34-18-9-23(3)21-38-34)32-20-25(11-14-29(32)37(28,7)8)30-16-12-26-27(36(4,5)6)15-17-33(41)35(26)39-30;/h9-19,21-22,41H,1-8H3;/q-1;. The van der Waals surface area contributed by atoms with Gasteiger partial charge in [0.2, 0.25) is 0 Å². The molecule has 0 unspecified atom stereocenters. The van der Waals surface area contributed by atoms with Crippen molar-refractivity contribution in [1.82, 2.24) is 9.97 Å². The molecule has 0 saturated heterocycles. The number of anilines is 3. The van der Waals surface area contributed by atoms with Crippen LogP contribution in [0.25, 0.3) is 22.2 Å². The third kappa shape index (κ3) is 4.94. The van der Waals surface area contributed by atoms with Crippen molar-refractivity contribution in [2.24, 2.45) is 0 Å². The molecule has 42 heavy (non-hydrogen) atoms. The minimum Gasteiger partial charge on any atom is -0.506 e. The van der Waals surface area contributed by atoms with E-state index in [9.17, 15) is 5.11 Å². The zero-order chi connectivity index (χ0) is 29.3. The van der Waals surface area contributed by atoms with Gasteiger partial charge < -0.3 is 10.0 Å². The second-order valence-electron chi connectivity index (χ2n) is 13.2. The largest absolute Gasteiger partial charge is 0.506 e. The Kier molecular flexibility index (Phi) is 7.60. The summed E-state index contributed by atoms with van der Waals surface area (Å²) in [6, 6.07) is 27.0. The Balaban J connectivity index is 0.00000353. The molecular weight excluding hydrogens is 698 g/mol. The maximum absolute atomic E-state index is 10.8. The average Bonchev–Trinajstić information content (AvgIpc) is 2.93. The molecule has 218 valence electrons. The number of nitrogens with zero attached hydrogens (tertiary/aromatic N) is 3. The van der Waals surface area contributed by atoms with Gasteiger partial charge in [0.25, 0.3) is 0 Å². The molecule has 4 nitrogen and oxygen atoms in total. The van der Waals surface area contributed by atoms with Crippen LogP contribution in [0.3, 0.4) is 0 Å². The SMILES string of the molecule is Cc1ccc(N2c3[c-]c(-c4ccc5c(C(C)(C)C)ccc(O)c5n4)ccc3C(C)(C)c3ccc(C(C)C)cc32)nc1.[Pt]. The molecule has 1 aliphatic heterocycles. The zero-order valence-corrected chi connectivity index (χ0v) is 27.9. The molecule has 0 radical (unpaired) electrons. The molecule has 0 aliphatic carbocycles. The number of hydrogen-bond acceptors (Lipinski definition) is 4. The van der Waals surface area contributed by atoms with Crippen LogP contribution in [0.15, 0.2) is 72.9 Å².